The van der Waals surface area contributed by atoms with Crippen LogP contribution < -0.4 is 9.64 Å². The van der Waals surface area contributed by atoms with E-state index < -0.39 is 0 Å². The summed E-state index contributed by atoms with van der Waals surface area (Å²) in [5.74, 6) is 1.16. The van der Waals surface area contributed by atoms with Crippen LogP contribution in [0.25, 0.3) is 10.2 Å². The van der Waals surface area contributed by atoms with Gasteiger partial charge in [0.2, 0.25) is 0 Å². The molecule has 0 unspecified atom stereocenters. The van der Waals surface area contributed by atoms with E-state index in [1.54, 1.807) is 23.2 Å². The molecule has 0 N–H and O–H groups in total. The molecular formula is C28H23N3O2S. The minimum absolute atomic E-state index is 0.155. The molecule has 2 heterocycles. The highest BCUT2D eigenvalue weighted by molar-refractivity contribution is 7.22. The van der Waals surface area contributed by atoms with Gasteiger partial charge in [-0.25, -0.2) is 4.98 Å². The third-order valence-electron chi connectivity index (χ3n) is 5.66. The number of rotatable bonds is 6. The summed E-state index contributed by atoms with van der Waals surface area (Å²) in [7, 11) is 0. The van der Waals surface area contributed by atoms with Gasteiger partial charge in [-0.3, -0.25) is 14.7 Å². The fourth-order valence-corrected chi connectivity index (χ4v) is 4.71. The SMILES string of the molecule is Cc1ccc2sc(N(Cc3ccccn3)C(=O)c3cccc(Oc4ccccc4)c3)nc2c1C. The third kappa shape index (κ3) is 4.54. The molecule has 1 amide bonds. The number of pyridine rings is 1. The van der Waals surface area contributed by atoms with Gasteiger partial charge in [0.25, 0.3) is 5.91 Å². The third-order valence-corrected chi connectivity index (χ3v) is 6.70. The summed E-state index contributed by atoms with van der Waals surface area (Å²) < 4.78 is 7.01. The molecular weight excluding hydrogens is 442 g/mol. The minimum atomic E-state index is -0.155. The van der Waals surface area contributed by atoms with Crippen LogP contribution >= 0.6 is 11.3 Å². The van der Waals surface area contributed by atoms with Crippen LogP contribution in [0.3, 0.4) is 0 Å². The van der Waals surface area contributed by atoms with Crippen LogP contribution in [0.1, 0.15) is 27.2 Å². The molecule has 0 saturated carbocycles. The minimum Gasteiger partial charge on any atom is -0.457 e. The van der Waals surface area contributed by atoms with Crippen molar-refractivity contribution in [2.75, 3.05) is 4.90 Å². The molecule has 5 nitrogen and oxygen atoms in total. The number of ether oxygens (including phenoxy) is 1. The van der Waals surface area contributed by atoms with Gasteiger partial charge < -0.3 is 4.74 Å². The largest absolute Gasteiger partial charge is 0.457 e. The first-order chi connectivity index (χ1) is 16.6. The topological polar surface area (TPSA) is 55.3 Å². The molecule has 6 heteroatoms. The molecule has 0 aliphatic carbocycles. The maximum absolute atomic E-state index is 13.8. The van der Waals surface area contributed by atoms with Gasteiger partial charge in [-0.1, -0.05) is 47.7 Å². The number of aryl methyl sites for hydroxylation is 2. The number of anilines is 1. The van der Waals surface area contributed by atoms with Crippen LogP contribution in [0.5, 0.6) is 11.5 Å². The van der Waals surface area contributed by atoms with Crippen molar-refractivity contribution in [1.82, 2.24) is 9.97 Å². The lowest BCUT2D eigenvalue weighted by atomic mass is 10.1. The average Bonchev–Trinajstić information content (AvgIpc) is 3.31. The van der Waals surface area contributed by atoms with E-state index in [9.17, 15) is 4.79 Å². The monoisotopic (exact) mass is 465 g/mol. The molecule has 0 radical (unpaired) electrons. The van der Waals surface area contributed by atoms with Crippen LogP contribution in [0.15, 0.2) is 91.1 Å². The summed E-state index contributed by atoms with van der Waals surface area (Å²) in [6.45, 7) is 4.46. The van der Waals surface area contributed by atoms with E-state index in [2.05, 4.69) is 31.0 Å². The van der Waals surface area contributed by atoms with Gasteiger partial charge in [0.15, 0.2) is 5.13 Å². The van der Waals surface area contributed by atoms with Crippen LogP contribution in [-0.2, 0) is 6.54 Å². The number of benzene rings is 3. The molecule has 0 saturated heterocycles. The summed E-state index contributed by atoms with van der Waals surface area (Å²) in [4.78, 5) is 24.8. The van der Waals surface area contributed by atoms with Crippen molar-refractivity contribution in [3.8, 4) is 11.5 Å². The predicted octanol–water partition coefficient (Wildman–Crippen LogP) is 6.95. The molecule has 3 aromatic carbocycles. The molecule has 0 fully saturated rings. The van der Waals surface area contributed by atoms with E-state index >= 15 is 0 Å². The quantitative estimate of drug-likeness (QED) is 0.272. The maximum atomic E-state index is 13.8. The fourth-order valence-electron chi connectivity index (χ4n) is 3.68. The Morgan fingerprint density at radius 1 is 0.912 bits per heavy atom. The number of carbonyl (C=O) groups excluding carboxylic acids is 1. The Morgan fingerprint density at radius 2 is 1.71 bits per heavy atom. The van der Waals surface area contributed by atoms with Gasteiger partial charge in [0.1, 0.15) is 11.5 Å². The smallest absolute Gasteiger partial charge is 0.260 e. The standard InChI is InChI=1S/C28H23N3O2S/c1-19-14-15-25-26(20(19)2)30-28(34-25)31(18-22-10-6-7-16-29-22)27(32)21-9-8-13-24(17-21)33-23-11-4-3-5-12-23/h3-17H,18H2,1-2H3. The number of fused-ring (bicyclic) bond motifs is 1. The number of hydrogen-bond donors (Lipinski definition) is 0. The Morgan fingerprint density at radius 3 is 2.50 bits per heavy atom. The van der Waals surface area contributed by atoms with Crippen molar-refractivity contribution < 1.29 is 9.53 Å². The zero-order chi connectivity index (χ0) is 23.5. The van der Waals surface area contributed by atoms with Gasteiger partial charge in [-0.15, -0.1) is 0 Å². The number of nitrogens with zero attached hydrogens (tertiary/aromatic N) is 3. The normalized spacial score (nSPS) is 10.9. The second kappa shape index (κ2) is 9.45. The molecule has 0 bridgehead atoms. The van der Waals surface area contributed by atoms with Crippen molar-refractivity contribution in [2.24, 2.45) is 0 Å². The van der Waals surface area contributed by atoms with E-state index in [1.807, 2.05) is 60.7 Å². The lowest BCUT2D eigenvalue weighted by Crippen LogP contribution is -2.30. The molecule has 0 aliphatic rings. The Kier molecular flexibility index (Phi) is 6.06. The molecule has 0 aliphatic heterocycles. The lowest BCUT2D eigenvalue weighted by molar-refractivity contribution is 0.0984. The van der Waals surface area contributed by atoms with Crippen LogP contribution in [0.4, 0.5) is 5.13 Å². The fraction of sp³-hybridized carbons (Fsp3) is 0.107. The van der Waals surface area contributed by atoms with Gasteiger partial charge in [0, 0.05) is 11.8 Å². The molecule has 2 aromatic heterocycles. The maximum Gasteiger partial charge on any atom is 0.260 e. The number of amides is 1. The number of thiazole rings is 1. The summed E-state index contributed by atoms with van der Waals surface area (Å²) in [5.41, 5.74) is 4.55. The second-order valence-electron chi connectivity index (χ2n) is 8.01. The molecule has 0 atom stereocenters. The first-order valence-corrected chi connectivity index (χ1v) is 11.8. The Hall–Kier alpha value is -4.03. The van der Waals surface area contributed by atoms with Gasteiger partial charge in [0.05, 0.1) is 22.5 Å². The van der Waals surface area contributed by atoms with E-state index in [4.69, 9.17) is 9.72 Å². The Labute approximate surface area is 202 Å². The predicted molar refractivity (Wildman–Crippen MR) is 137 cm³/mol. The highest BCUT2D eigenvalue weighted by atomic mass is 32.1. The van der Waals surface area contributed by atoms with Crippen molar-refractivity contribution in [2.45, 2.75) is 20.4 Å². The Balaban J connectivity index is 1.52. The molecule has 5 rings (SSSR count). The zero-order valence-corrected chi connectivity index (χ0v) is 19.8. The lowest BCUT2D eigenvalue weighted by Gasteiger charge is -2.20. The Bertz CT molecular complexity index is 1450. The summed E-state index contributed by atoms with van der Waals surface area (Å²) in [5, 5.41) is 0.647. The molecule has 5 aromatic rings. The highest BCUT2D eigenvalue weighted by Crippen LogP contribution is 2.33. The van der Waals surface area contributed by atoms with E-state index in [-0.39, 0.29) is 5.91 Å². The van der Waals surface area contributed by atoms with Crippen LogP contribution in [0.2, 0.25) is 0 Å². The van der Waals surface area contributed by atoms with Crippen LogP contribution in [0, 0.1) is 13.8 Å². The van der Waals surface area contributed by atoms with E-state index in [0.717, 1.165) is 27.2 Å². The van der Waals surface area contributed by atoms with Crippen molar-refractivity contribution >= 4 is 32.6 Å². The van der Waals surface area contributed by atoms with Gasteiger partial charge >= 0.3 is 0 Å². The number of para-hydroxylation sites is 1. The van der Waals surface area contributed by atoms with E-state index in [1.165, 1.54) is 16.9 Å². The average molecular weight is 466 g/mol. The summed E-state index contributed by atoms with van der Waals surface area (Å²) in [6.07, 6.45) is 1.73. The molecule has 0 spiro atoms. The van der Waals surface area contributed by atoms with Gasteiger partial charge in [-0.05, 0) is 73.5 Å². The highest BCUT2D eigenvalue weighted by Gasteiger charge is 2.23. The van der Waals surface area contributed by atoms with Crippen molar-refractivity contribution in [3.63, 3.8) is 0 Å². The van der Waals surface area contributed by atoms with Crippen LogP contribution in [-0.4, -0.2) is 15.9 Å². The number of aromatic nitrogens is 2. The van der Waals surface area contributed by atoms with Crippen molar-refractivity contribution in [3.05, 3.63) is 114 Å². The zero-order valence-electron chi connectivity index (χ0n) is 18.9. The first-order valence-electron chi connectivity index (χ1n) is 11.0. The number of carbonyl (C=O) groups is 1. The van der Waals surface area contributed by atoms with Crippen molar-refractivity contribution in [1.29, 1.82) is 0 Å². The van der Waals surface area contributed by atoms with Gasteiger partial charge in [-0.2, -0.15) is 0 Å². The summed E-state index contributed by atoms with van der Waals surface area (Å²) in [6, 6.07) is 26.6. The summed E-state index contributed by atoms with van der Waals surface area (Å²) >= 11 is 1.51. The molecule has 34 heavy (non-hydrogen) atoms. The van der Waals surface area contributed by atoms with E-state index in [0.29, 0.717) is 23.0 Å². The molecule has 168 valence electrons. The second-order valence-corrected chi connectivity index (χ2v) is 9.02. The number of hydrogen-bond acceptors (Lipinski definition) is 5. The first kappa shape index (κ1) is 21.8.